The number of fused-ring (bicyclic) bond motifs is 1. The molecule has 5 nitrogen and oxygen atoms in total. The summed E-state index contributed by atoms with van der Waals surface area (Å²) >= 11 is 6.01. The highest BCUT2D eigenvalue weighted by Gasteiger charge is 2.24. The van der Waals surface area contributed by atoms with Gasteiger partial charge in [-0.05, 0) is 37.0 Å². The minimum absolute atomic E-state index is 0.0444. The van der Waals surface area contributed by atoms with Crippen LogP contribution in [-0.2, 0) is 19.5 Å². The largest absolute Gasteiger partial charge is 0.506 e. The Labute approximate surface area is 158 Å². The molecule has 2 heterocycles. The number of phenolic OH excluding ortho intramolecular Hbond substituents is 1. The smallest absolute Gasteiger partial charge is 0.254 e. The summed E-state index contributed by atoms with van der Waals surface area (Å²) in [5.74, 6) is 1.38. The van der Waals surface area contributed by atoms with E-state index in [0.717, 1.165) is 48.6 Å². The van der Waals surface area contributed by atoms with Crippen molar-refractivity contribution in [1.29, 1.82) is 0 Å². The standard InChI is InChI=1S/C20H24ClN3O2/c21-16-10-13(6-7-18(16)25)11-24-9-8-15-17(12-24)22-19(23-20(15)26)14-4-2-1-3-5-14/h6-7,10,14,25H,1-5,8-9,11-12H2,(H,22,23,26). The van der Waals surface area contributed by atoms with Gasteiger partial charge in [0.2, 0.25) is 0 Å². The summed E-state index contributed by atoms with van der Waals surface area (Å²) < 4.78 is 0. The SMILES string of the molecule is O=c1[nH]c(C2CCCCC2)nc2c1CCN(Cc1ccc(O)c(Cl)c1)C2. The Morgan fingerprint density at radius 1 is 1.27 bits per heavy atom. The molecule has 1 saturated carbocycles. The van der Waals surface area contributed by atoms with Gasteiger partial charge in [-0.2, -0.15) is 0 Å². The maximum Gasteiger partial charge on any atom is 0.254 e. The van der Waals surface area contributed by atoms with E-state index in [1.807, 2.05) is 6.07 Å². The number of H-pyrrole nitrogens is 1. The number of nitrogens with zero attached hydrogens (tertiary/aromatic N) is 2. The molecule has 0 saturated heterocycles. The molecule has 0 spiro atoms. The lowest BCUT2D eigenvalue weighted by Gasteiger charge is -2.29. The monoisotopic (exact) mass is 373 g/mol. The topological polar surface area (TPSA) is 69.2 Å². The van der Waals surface area contributed by atoms with Gasteiger partial charge in [0, 0.05) is 31.1 Å². The second-order valence-electron chi connectivity index (χ2n) is 7.46. The van der Waals surface area contributed by atoms with E-state index in [-0.39, 0.29) is 11.3 Å². The maximum absolute atomic E-state index is 12.5. The van der Waals surface area contributed by atoms with Crippen LogP contribution in [0.15, 0.2) is 23.0 Å². The summed E-state index contributed by atoms with van der Waals surface area (Å²) in [6, 6.07) is 5.31. The van der Waals surface area contributed by atoms with Gasteiger partial charge in [-0.3, -0.25) is 9.69 Å². The van der Waals surface area contributed by atoms with E-state index in [9.17, 15) is 9.90 Å². The Morgan fingerprint density at radius 2 is 2.08 bits per heavy atom. The van der Waals surface area contributed by atoms with Crippen LogP contribution in [0.3, 0.4) is 0 Å². The van der Waals surface area contributed by atoms with Gasteiger partial charge in [0.05, 0.1) is 10.7 Å². The number of phenols is 1. The van der Waals surface area contributed by atoms with Crippen LogP contribution in [0.4, 0.5) is 0 Å². The molecular weight excluding hydrogens is 350 g/mol. The number of rotatable bonds is 3. The van der Waals surface area contributed by atoms with Crippen LogP contribution in [-0.4, -0.2) is 26.5 Å². The molecule has 6 heteroatoms. The average molecular weight is 374 g/mol. The average Bonchev–Trinajstić information content (AvgIpc) is 2.65. The fourth-order valence-electron chi connectivity index (χ4n) is 4.12. The normalized spacial score (nSPS) is 18.7. The van der Waals surface area contributed by atoms with Gasteiger partial charge in [-0.15, -0.1) is 0 Å². The van der Waals surface area contributed by atoms with Gasteiger partial charge in [0.1, 0.15) is 11.6 Å². The second kappa shape index (κ2) is 7.41. The van der Waals surface area contributed by atoms with E-state index in [1.54, 1.807) is 12.1 Å². The molecule has 1 aromatic carbocycles. The van der Waals surface area contributed by atoms with E-state index >= 15 is 0 Å². The molecule has 0 amide bonds. The highest BCUT2D eigenvalue weighted by atomic mass is 35.5. The zero-order chi connectivity index (χ0) is 18.1. The Morgan fingerprint density at radius 3 is 2.85 bits per heavy atom. The fourth-order valence-corrected chi connectivity index (χ4v) is 4.33. The molecule has 2 aromatic rings. The Hall–Kier alpha value is -1.85. The van der Waals surface area contributed by atoms with Crippen LogP contribution in [0.1, 0.15) is 60.7 Å². The minimum atomic E-state index is 0.0444. The molecule has 1 aromatic heterocycles. The summed E-state index contributed by atoms with van der Waals surface area (Å²) in [6.45, 7) is 2.23. The zero-order valence-electron chi connectivity index (χ0n) is 14.8. The van der Waals surface area contributed by atoms with Crippen molar-refractivity contribution >= 4 is 11.6 Å². The number of halogens is 1. The number of aromatic hydroxyl groups is 1. The van der Waals surface area contributed by atoms with Crippen LogP contribution < -0.4 is 5.56 Å². The predicted molar refractivity (Wildman–Crippen MR) is 102 cm³/mol. The van der Waals surface area contributed by atoms with Crippen molar-refractivity contribution < 1.29 is 5.11 Å². The van der Waals surface area contributed by atoms with Crippen LogP contribution in [0.25, 0.3) is 0 Å². The fraction of sp³-hybridized carbons (Fsp3) is 0.500. The third-order valence-electron chi connectivity index (χ3n) is 5.58. The molecule has 0 atom stereocenters. The van der Waals surface area contributed by atoms with Gasteiger partial charge < -0.3 is 10.1 Å². The Kier molecular flexibility index (Phi) is 5.00. The third-order valence-corrected chi connectivity index (χ3v) is 5.88. The number of aromatic nitrogens is 2. The number of hydrogen-bond acceptors (Lipinski definition) is 4. The first-order chi connectivity index (χ1) is 12.6. The first-order valence-electron chi connectivity index (χ1n) is 9.42. The predicted octanol–water partition coefficient (Wildman–Crippen LogP) is 3.73. The maximum atomic E-state index is 12.5. The van der Waals surface area contributed by atoms with Gasteiger partial charge in [-0.25, -0.2) is 4.98 Å². The van der Waals surface area contributed by atoms with E-state index < -0.39 is 0 Å². The van der Waals surface area contributed by atoms with E-state index in [2.05, 4.69) is 9.88 Å². The van der Waals surface area contributed by atoms with E-state index in [1.165, 1.54) is 19.3 Å². The van der Waals surface area contributed by atoms with Gasteiger partial charge in [0.15, 0.2) is 0 Å². The van der Waals surface area contributed by atoms with Crippen LogP contribution in [0.2, 0.25) is 5.02 Å². The van der Waals surface area contributed by atoms with Crippen molar-refractivity contribution in [2.24, 2.45) is 0 Å². The second-order valence-corrected chi connectivity index (χ2v) is 7.86. The van der Waals surface area contributed by atoms with E-state index in [4.69, 9.17) is 16.6 Å². The summed E-state index contributed by atoms with van der Waals surface area (Å²) in [5.41, 5.74) is 2.85. The van der Waals surface area contributed by atoms with Crippen molar-refractivity contribution in [2.75, 3.05) is 6.54 Å². The molecule has 4 rings (SSSR count). The Balaban J connectivity index is 1.54. The minimum Gasteiger partial charge on any atom is -0.506 e. The molecule has 2 N–H and O–H groups in total. The van der Waals surface area contributed by atoms with Crippen LogP contribution >= 0.6 is 11.6 Å². The molecule has 1 aliphatic carbocycles. The number of nitrogens with one attached hydrogen (secondary N) is 1. The highest BCUT2D eigenvalue weighted by Crippen LogP contribution is 2.31. The van der Waals surface area contributed by atoms with Crippen molar-refractivity contribution in [3.63, 3.8) is 0 Å². The lowest BCUT2D eigenvalue weighted by molar-refractivity contribution is 0.239. The van der Waals surface area contributed by atoms with E-state index in [0.29, 0.717) is 23.9 Å². The first kappa shape index (κ1) is 17.6. The molecule has 2 aliphatic rings. The van der Waals surface area contributed by atoms with Crippen molar-refractivity contribution in [3.05, 3.63) is 56.2 Å². The summed E-state index contributed by atoms with van der Waals surface area (Å²) in [6.07, 6.45) is 6.69. The molecule has 1 fully saturated rings. The lowest BCUT2D eigenvalue weighted by Crippen LogP contribution is -2.35. The van der Waals surface area contributed by atoms with Crippen LogP contribution in [0.5, 0.6) is 5.75 Å². The van der Waals surface area contributed by atoms with Gasteiger partial charge >= 0.3 is 0 Å². The molecular formula is C20H24ClN3O2. The molecule has 26 heavy (non-hydrogen) atoms. The van der Waals surface area contributed by atoms with Crippen LogP contribution in [0, 0.1) is 0 Å². The summed E-state index contributed by atoms with van der Waals surface area (Å²) in [4.78, 5) is 22.7. The quantitative estimate of drug-likeness (QED) is 0.860. The summed E-state index contributed by atoms with van der Waals surface area (Å²) in [7, 11) is 0. The molecule has 0 unspecified atom stereocenters. The zero-order valence-corrected chi connectivity index (χ0v) is 15.6. The summed E-state index contributed by atoms with van der Waals surface area (Å²) in [5, 5.41) is 9.94. The molecule has 138 valence electrons. The highest BCUT2D eigenvalue weighted by molar-refractivity contribution is 6.32. The number of hydrogen-bond donors (Lipinski definition) is 2. The number of benzene rings is 1. The third kappa shape index (κ3) is 3.64. The first-order valence-corrected chi connectivity index (χ1v) is 9.79. The van der Waals surface area contributed by atoms with Gasteiger partial charge in [0.25, 0.3) is 5.56 Å². The van der Waals surface area contributed by atoms with Crippen molar-refractivity contribution in [2.45, 2.75) is 57.5 Å². The van der Waals surface area contributed by atoms with Crippen molar-refractivity contribution in [3.8, 4) is 5.75 Å². The number of aromatic amines is 1. The van der Waals surface area contributed by atoms with Crippen molar-refractivity contribution in [1.82, 2.24) is 14.9 Å². The Bertz CT molecular complexity index is 859. The lowest BCUT2D eigenvalue weighted by atomic mass is 9.88. The van der Waals surface area contributed by atoms with Gasteiger partial charge in [-0.1, -0.05) is 36.9 Å². The molecule has 1 aliphatic heterocycles. The molecule has 0 bridgehead atoms. The molecule has 0 radical (unpaired) electrons.